The number of benzene rings is 1. The fourth-order valence-electron chi connectivity index (χ4n) is 2.75. The van der Waals surface area contributed by atoms with E-state index in [9.17, 15) is 13.2 Å². The fourth-order valence-corrected chi connectivity index (χ4v) is 6.56. The van der Waals surface area contributed by atoms with Crippen molar-refractivity contribution in [3.05, 3.63) is 46.7 Å². The summed E-state index contributed by atoms with van der Waals surface area (Å²) in [7, 11) is -3.51. The van der Waals surface area contributed by atoms with Gasteiger partial charge in [0, 0.05) is 41.6 Å². The van der Waals surface area contributed by atoms with Crippen LogP contribution in [0.5, 0.6) is 0 Å². The first kappa shape index (κ1) is 18.4. The zero-order valence-electron chi connectivity index (χ0n) is 13.8. The van der Waals surface area contributed by atoms with Gasteiger partial charge in [0.05, 0.1) is 4.90 Å². The minimum atomic E-state index is -3.51. The average Bonchev–Trinajstić information content (AvgIpc) is 2.99. The van der Waals surface area contributed by atoms with E-state index in [0.29, 0.717) is 24.0 Å². The van der Waals surface area contributed by atoms with Crippen LogP contribution in [0.3, 0.4) is 0 Å². The molecule has 3 rings (SSSR count). The van der Waals surface area contributed by atoms with Crippen molar-refractivity contribution in [2.45, 2.75) is 23.5 Å². The highest BCUT2D eigenvalue weighted by Crippen LogP contribution is 2.37. The maximum atomic E-state index is 12.9. The summed E-state index contributed by atoms with van der Waals surface area (Å²) in [4.78, 5) is 12.6. The summed E-state index contributed by atoms with van der Waals surface area (Å²) in [6.45, 7) is 2.46. The first-order chi connectivity index (χ1) is 12.0. The standard InChI is InChI=1S/C17H20N2O3S3/c1-13(20)18-14-4-6-15(7-5-14)25(21,22)19-9-8-17(24-12-10-19)16-3-2-11-23-16/h2-7,11,17H,8-10,12H2,1H3,(H,18,20)/t17-/m1/s1. The topological polar surface area (TPSA) is 66.5 Å². The summed E-state index contributed by atoms with van der Waals surface area (Å²) in [5.41, 5.74) is 0.593. The molecule has 2 aromatic rings. The zero-order valence-corrected chi connectivity index (χ0v) is 16.3. The Morgan fingerprint density at radius 2 is 1.96 bits per heavy atom. The largest absolute Gasteiger partial charge is 0.326 e. The van der Waals surface area contributed by atoms with E-state index in [1.165, 1.54) is 11.8 Å². The molecule has 1 aliphatic heterocycles. The lowest BCUT2D eigenvalue weighted by Gasteiger charge is -2.20. The van der Waals surface area contributed by atoms with Crippen molar-refractivity contribution in [3.8, 4) is 0 Å². The van der Waals surface area contributed by atoms with E-state index in [-0.39, 0.29) is 10.8 Å². The number of thiophene rings is 1. The van der Waals surface area contributed by atoms with Gasteiger partial charge >= 0.3 is 0 Å². The van der Waals surface area contributed by atoms with Crippen molar-refractivity contribution in [1.29, 1.82) is 0 Å². The lowest BCUT2D eigenvalue weighted by atomic mass is 10.2. The molecule has 1 atom stereocenters. The van der Waals surface area contributed by atoms with Gasteiger partial charge in [0.2, 0.25) is 15.9 Å². The normalized spacial score (nSPS) is 19.3. The van der Waals surface area contributed by atoms with E-state index in [0.717, 1.165) is 12.2 Å². The van der Waals surface area contributed by atoms with Crippen molar-refractivity contribution in [2.75, 3.05) is 24.2 Å². The second-order valence-corrected chi connectivity index (χ2v) is 10.0. The van der Waals surface area contributed by atoms with Crippen LogP contribution >= 0.6 is 23.1 Å². The van der Waals surface area contributed by atoms with Crippen molar-refractivity contribution < 1.29 is 13.2 Å². The summed E-state index contributed by atoms with van der Waals surface area (Å²) in [6.07, 6.45) is 0.814. The van der Waals surface area contributed by atoms with Gasteiger partial charge in [-0.05, 0) is 42.1 Å². The van der Waals surface area contributed by atoms with Gasteiger partial charge in [-0.1, -0.05) is 6.07 Å². The molecule has 1 saturated heterocycles. The molecule has 1 aliphatic rings. The van der Waals surface area contributed by atoms with Crippen LogP contribution in [0.4, 0.5) is 5.69 Å². The number of nitrogens with one attached hydrogen (secondary N) is 1. The molecule has 5 nitrogen and oxygen atoms in total. The molecule has 0 aliphatic carbocycles. The third-order valence-electron chi connectivity index (χ3n) is 3.97. The molecule has 0 radical (unpaired) electrons. The molecule has 0 spiro atoms. The summed E-state index contributed by atoms with van der Waals surface area (Å²) in [5, 5.41) is 5.07. The molecule has 1 aromatic heterocycles. The number of carbonyl (C=O) groups excluding carboxylic acids is 1. The van der Waals surface area contributed by atoms with Crippen LogP contribution in [-0.4, -0.2) is 37.5 Å². The van der Waals surface area contributed by atoms with Crippen LogP contribution < -0.4 is 5.32 Å². The molecule has 1 fully saturated rings. The molecule has 0 saturated carbocycles. The number of hydrogen-bond acceptors (Lipinski definition) is 5. The first-order valence-electron chi connectivity index (χ1n) is 7.99. The summed E-state index contributed by atoms with van der Waals surface area (Å²) < 4.78 is 27.4. The summed E-state index contributed by atoms with van der Waals surface area (Å²) in [6, 6.07) is 10.5. The molecule has 134 valence electrons. The van der Waals surface area contributed by atoms with Crippen molar-refractivity contribution in [3.63, 3.8) is 0 Å². The smallest absolute Gasteiger partial charge is 0.243 e. The Labute approximate surface area is 156 Å². The lowest BCUT2D eigenvalue weighted by Crippen LogP contribution is -2.33. The van der Waals surface area contributed by atoms with Gasteiger partial charge in [-0.2, -0.15) is 16.1 Å². The molecule has 2 heterocycles. The number of hydrogen-bond donors (Lipinski definition) is 1. The van der Waals surface area contributed by atoms with Crippen LogP contribution in [0.25, 0.3) is 0 Å². The molecule has 8 heteroatoms. The number of anilines is 1. The highest BCUT2D eigenvalue weighted by atomic mass is 32.2. The predicted molar refractivity (Wildman–Crippen MR) is 104 cm³/mol. The van der Waals surface area contributed by atoms with Crippen LogP contribution in [0.1, 0.15) is 23.5 Å². The van der Waals surface area contributed by atoms with Gasteiger partial charge in [-0.25, -0.2) is 8.42 Å². The van der Waals surface area contributed by atoms with E-state index >= 15 is 0 Å². The lowest BCUT2D eigenvalue weighted by molar-refractivity contribution is -0.114. The zero-order chi connectivity index (χ0) is 17.9. The Hall–Kier alpha value is -1.35. The highest BCUT2D eigenvalue weighted by Gasteiger charge is 2.28. The Morgan fingerprint density at radius 3 is 2.60 bits per heavy atom. The van der Waals surface area contributed by atoms with Gasteiger partial charge in [0.15, 0.2) is 0 Å². The van der Waals surface area contributed by atoms with Gasteiger partial charge in [-0.3, -0.25) is 4.79 Å². The van der Waals surface area contributed by atoms with E-state index < -0.39 is 10.0 Å². The monoisotopic (exact) mass is 396 g/mol. The first-order valence-corrected chi connectivity index (χ1v) is 11.4. The van der Waals surface area contributed by atoms with E-state index in [1.807, 2.05) is 17.8 Å². The van der Waals surface area contributed by atoms with Gasteiger partial charge < -0.3 is 5.32 Å². The maximum absolute atomic E-state index is 12.9. The second kappa shape index (κ2) is 7.90. The molecule has 1 amide bonds. The molecule has 1 aromatic carbocycles. The SMILES string of the molecule is CC(=O)Nc1ccc(S(=O)(=O)N2CCS[C@@H](c3cccs3)CC2)cc1. The third-order valence-corrected chi connectivity index (χ3v) is 8.33. The number of amides is 1. The Bertz CT molecular complexity index is 817. The highest BCUT2D eigenvalue weighted by molar-refractivity contribution is 7.99. The molecule has 25 heavy (non-hydrogen) atoms. The van der Waals surface area contributed by atoms with E-state index in [4.69, 9.17) is 0 Å². The fraction of sp³-hybridized carbons (Fsp3) is 0.353. The number of nitrogens with zero attached hydrogens (tertiary/aromatic N) is 1. The Kier molecular flexibility index (Phi) is 5.83. The van der Waals surface area contributed by atoms with Crippen molar-refractivity contribution >= 4 is 44.7 Å². The van der Waals surface area contributed by atoms with E-state index in [1.54, 1.807) is 39.9 Å². The summed E-state index contributed by atoms with van der Waals surface area (Å²) >= 11 is 3.55. The number of sulfonamides is 1. The molecule has 0 bridgehead atoms. The molecular weight excluding hydrogens is 376 g/mol. The van der Waals surface area contributed by atoms with E-state index in [2.05, 4.69) is 16.8 Å². The van der Waals surface area contributed by atoms with Crippen LogP contribution in [0.2, 0.25) is 0 Å². The Morgan fingerprint density at radius 1 is 1.20 bits per heavy atom. The number of thioether (sulfide) groups is 1. The Balaban J connectivity index is 1.72. The molecular formula is C17H20N2O3S3. The minimum Gasteiger partial charge on any atom is -0.326 e. The maximum Gasteiger partial charge on any atom is 0.243 e. The average molecular weight is 397 g/mol. The number of carbonyl (C=O) groups is 1. The summed E-state index contributed by atoms with van der Waals surface area (Å²) in [5.74, 6) is 0.603. The van der Waals surface area contributed by atoms with Crippen molar-refractivity contribution in [2.24, 2.45) is 0 Å². The van der Waals surface area contributed by atoms with Crippen LogP contribution in [0, 0.1) is 0 Å². The number of rotatable bonds is 4. The quantitative estimate of drug-likeness (QED) is 0.858. The van der Waals surface area contributed by atoms with Gasteiger partial charge in [0.25, 0.3) is 0 Å². The van der Waals surface area contributed by atoms with Crippen LogP contribution in [-0.2, 0) is 14.8 Å². The molecule has 0 unspecified atom stereocenters. The predicted octanol–water partition coefficient (Wildman–Crippen LogP) is 3.58. The second-order valence-electron chi connectivity index (χ2n) is 5.77. The van der Waals surface area contributed by atoms with Gasteiger partial charge in [-0.15, -0.1) is 11.3 Å². The van der Waals surface area contributed by atoms with Crippen molar-refractivity contribution in [1.82, 2.24) is 4.31 Å². The van der Waals surface area contributed by atoms with Crippen LogP contribution in [0.15, 0.2) is 46.7 Å². The third kappa shape index (κ3) is 4.44. The molecule has 1 N–H and O–H groups in total. The van der Waals surface area contributed by atoms with Gasteiger partial charge in [0.1, 0.15) is 0 Å². The minimum absolute atomic E-state index is 0.181.